The first kappa shape index (κ1) is 28.6. The van der Waals surface area contributed by atoms with Crippen molar-refractivity contribution in [3.05, 3.63) is 98.3 Å². The molecule has 43 heavy (non-hydrogen) atoms. The first-order valence-electron chi connectivity index (χ1n) is 13.4. The normalized spacial score (nSPS) is 13.8. The summed E-state index contributed by atoms with van der Waals surface area (Å²) < 4.78 is 46.0. The summed E-state index contributed by atoms with van der Waals surface area (Å²) >= 11 is 6.11. The van der Waals surface area contributed by atoms with Gasteiger partial charge < -0.3 is 10.2 Å². The number of rotatable bonds is 7. The molecule has 0 bridgehead atoms. The van der Waals surface area contributed by atoms with E-state index in [1.54, 1.807) is 32.4 Å². The third-order valence-electron chi connectivity index (χ3n) is 7.38. The van der Waals surface area contributed by atoms with E-state index in [4.69, 9.17) is 16.6 Å². The van der Waals surface area contributed by atoms with E-state index in [1.807, 2.05) is 24.8 Å². The van der Waals surface area contributed by atoms with Gasteiger partial charge in [-0.1, -0.05) is 23.7 Å². The molecule has 0 radical (unpaired) electrons. The van der Waals surface area contributed by atoms with E-state index in [0.717, 1.165) is 16.7 Å². The van der Waals surface area contributed by atoms with Crippen molar-refractivity contribution in [2.24, 2.45) is 14.1 Å². The number of aryl methyl sites for hydroxylation is 2. The van der Waals surface area contributed by atoms with Crippen LogP contribution in [0, 0.1) is 12.7 Å². The Bertz CT molecular complexity index is 2080. The Morgan fingerprint density at radius 3 is 2.53 bits per heavy atom. The zero-order chi connectivity index (χ0) is 30.6. The number of anilines is 3. The molecule has 11 nitrogen and oxygen atoms in total. The van der Waals surface area contributed by atoms with Gasteiger partial charge in [-0.15, -0.1) is 0 Å². The molecular formula is C29H28ClFN8O3S. The quantitative estimate of drug-likeness (QED) is 0.251. The smallest absolute Gasteiger partial charge is 0.282 e. The van der Waals surface area contributed by atoms with Crippen LogP contribution in [-0.2, 0) is 37.2 Å². The van der Waals surface area contributed by atoms with Crippen LogP contribution in [0.15, 0.2) is 64.5 Å². The summed E-state index contributed by atoms with van der Waals surface area (Å²) in [4.78, 5) is 24.6. The van der Waals surface area contributed by atoms with Gasteiger partial charge in [0.2, 0.25) is 11.0 Å². The van der Waals surface area contributed by atoms with E-state index in [-0.39, 0.29) is 33.1 Å². The molecule has 0 saturated carbocycles. The van der Waals surface area contributed by atoms with Gasteiger partial charge in [-0.2, -0.15) is 13.5 Å². The number of fused-ring (bicyclic) bond motifs is 2. The van der Waals surface area contributed by atoms with Crippen molar-refractivity contribution in [3.8, 4) is 0 Å². The molecule has 0 aliphatic carbocycles. The Morgan fingerprint density at radius 2 is 1.79 bits per heavy atom. The van der Waals surface area contributed by atoms with Crippen LogP contribution in [0.3, 0.4) is 0 Å². The molecule has 3 aromatic heterocycles. The summed E-state index contributed by atoms with van der Waals surface area (Å²) in [5, 5.41) is 7.45. The molecule has 222 valence electrons. The molecule has 0 saturated heterocycles. The minimum Gasteiger partial charge on any atom is -0.376 e. The maximum atomic E-state index is 13.9. The third kappa shape index (κ3) is 5.41. The van der Waals surface area contributed by atoms with Crippen LogP contribution in [0.4, 0.5) is 21.8 Å². The molecule has 2 aromatic carbocycles. The first-order chi connectivity index (χ1) is 20.4. The Morgan fingerprint density at radius 1 is 1.02 bits per heavy atom. The summed E-state index contributed by atoms with van der Waals surface area (Å²) in [5.74, 6) is 0.265. The Hall–Kier alpha value is -4.49. The number of hydrogen-bond donors (Lipinski definition) is 2. The number of benzene rings is 2. The van der Waals surface area contributed by atoms with Crippen LogP contribution in [0.5, 0.6) is 0 Å². The van der Waals surface area contributed by atoms with Crippen molar-refractivity contribution < 1.29 is 12.8 Å². The predicted molar refractivity (Wildman–Crippen MR) is 163 cm³/mol. The highest BCUT2D eigenvalue weighted by atomic mass is 35.5. The van der Waals surface area contributed by atoms with Gasteiger partial charge >= 0.3 is 0 Å². The molecule has 6 rings (SSSR count). The highest BCUT2D eigenvalue weighted by molar-refractivity contribution is 7.92. The van der Waals surface area contributed by atoms with Gasteiger partial charge in [-0.05, 0) is 60.9 Å². The molecule has 0 unspecified atom stereocenters. The van der Waals surface area contributed by atoms with Crippen LogP contribution in [0.2, 0.25) is 5.15 Å². The second-order valence-corrected chi connectivity index (χ2v) is 12.6. The summed E-state index contributed by atoms with van der Waals surface area (Å²) in [7, 11) is -0.836. The van der Waals surface area contributed by atoms with Crippen LogP contribution in [0.1, 0.15) is 35.2 Å². The van der Waals surface area contributed by atoms with Crippen molar-refractivity contribution in [3.63, 3.8) is 0 Å². The Balaban J connectivity index is 1.39. The van der Waals surface area contributed by atoms with Crippen molar-refractivity contribution in [2.75, 3.05) is 14.9 Å². The van der Waals surface area contributed by atoms with Crippen molar-refractivity contribution in [1.82, 2.24) is 24.3 Å². The first-order valence-corrected chi connectivity index (χ1v) is 15.2. The summed E-state index contributed by atoms with van der Waals surface area (Å²) in [6, 6.07) is 12.4. The average molecular weight is 623 g/mol. The standard InChI is InChI=1S/C29H28ClFN8O3S/c1-16-11-21(17(2)32-23-7-8-24(30)33-27(23)43(41,42)36-25-9-10-37(3)35-25)26-22(12-16)28(40)38(4)29(34-26)39-14-18-5-6-20(31)13-19(18)15-39/h5-13,17,32H,14-15H2,1-4H3,(H,35,36)/t17-/m1/s1. The molecule has 0 amide bonds. The van der Waals surface area contributed by atoms with E-state index in [0.29, 0.717) is 35.5 Å². The lowest BCUT2D eigenvalue weighted by Gasteiger charge is -2.23. The van der Waals surface area contributed by atoms with E-state index in [2.05, 4.69) is 20.1 Å². The summed E-state index contributed by atoms with van der Waals surface area (Å²) in [6.07, 6.45) is 1.61. The van der Waals surface area contributed by atoms with Gasteiger partial charge in [0.1, 0.15) is 11.0 Å². The second kappa shape index (κ2) is 10.7. The van der Waals surface area contributed by atoms with Crippen molar-refractivity contribution >= 4 is 50.0 Å². The fourth-order valence-corrected chi connectivity index (χ4v) is 6.67. The maximum Gasteiger partial charge on any atom is 0.282 e. The SMILES string of the molecule is Cc1cc([C@@H](C)Nc2ccc(Cl)nc2S(=O)(=O)Nc2ccn(C)n2)c2nc(N3Cc4ccc(F)cc4C3)n(C)c(=O)c2c1. The number of nitrogens with zero attached hydrogens (tertiary/aromatic N) is 6. The minimum atomic E-state index is -4.18. The summed E-state index contributed by atoms with van der Waals surface area (Å²) in [6.45, 7) is 4.62. The fraction of sp³-hybridized carbons (Fsp3) is 0.241. The molecular weight excluding hydrogens is 595 g/mol. The highest BCUT2D eigenvalue weighted by Gasteiger charge is 2.27. The highest BCUT2D eigenvalue weighted by Crippen LogP contribution is 2.32. The molecule has 0 spiro atoms. The number of aromatic nitrogens is 5. The number of nitrogens with one attached hydrogen (secondary N) is 2. The largest absolute Gasteiger partial charge is 0.376 e. The second-order valence-electron chi connectivity index (χ2n) is 10.6. The van der Waals surface area contributed by atoms with E-state index in [9.17, 15) is 17.6 Å². The summed E-state index contributed by atoms with van der Waals surface area (Å²) in [5.41, 5.74) is 3.79. The monoisotopic (exact) mass is 622 g/mol. The minimum absolute atomic E-state index is 0.00176. The van der Waals surface area contributed by atoms with Gasteiger partial charge in [0.05, 0.1) is 22.6 Å². The molecule has 2 N–H and O–H groups in total. The molecule has 1 atom stereocenters. The molecule has 14 heteroatoms. The van der Waals surface area contributed by atoms with Crippen LogP contribution in [0.25, 0.3) is 10.9 Å². The molecule has 1 aliphatic rings. The number of sulfonamides is 1. The lowest BCUT2D eigenvalue weighted by Crippen LogP contribution is -2.28. The van der Waals surface area contributed by atoms with Gasteiger partial charge in [-0.25, -0.2) is 14.4 Å². The van der Waals surface area contributed by atoms with E-state index >= 15 is 0 Å². The zero-order valence-electron chi connectivity index (χ0n) is 23.8. The van der Waals surface area contributed by atoms with Gasteiger partial charge in [0, 0.05) is 45.0 Å². The Labute approximate surface area is 252 Å². The topological polar surface area (TPSA) is 127 Å². The lowest BCUT2D eigenvalue weighted by atomic mass is 10.0. The number of hydrogen-bond acceptors (Lipinski definition) is 8. The van der Waals surface area contributed by atoms with Gasteiger partial charge in [0.15, 0.2) is 5.82 Å². The third-order valence-corrected chi connectivity index (χ3v) is 8.88. The number of halogens is 2. The van der Waals surface area contributed by atoms with Crippen LogP contribution < -0.4 is 20.5 Å². The van der Waals surface area contributed by atoms with Crippen molar-refractivity contribution in [1.29, 1.82) is 0 Å². The predicted octanol–water partition coefficient (Wildman–Crippen LogP) is 4.66. The van der Waals surface area contributed by atoms with E-state index < -0.39 is 16.1 Å². The van der Waals surface area contributed by atoms with Crippen LogP contribution >= 0.6 is 11.6 Å². The van der Waals surface area contributed by atoms with Crippen molar-refractivity contribution in [2.45, 2.75) is 38.0 Å². The van der Waals surface area contributed by atoms with Crippen LogP contribution in [-0.4, -0.2) is 32.7 Å². The molecule has 5 aromatic rings. The number of pyridine rings is 1. The molecule has 1 aliphatic heterocycles. The fourth-order valence-electron chi connectivity index (χ4n) is 5.36. The Kier molecular flexibility index (Phi) is 7.09. The van der Waals surface area contributed by atoms with Gasteiger partial charge in [-0.3, -0.25) is 18.8 Å². The average Bonchev–Trinajstić information content (AvgIpc) is 3.56. The molecule has 0 fully saturated rings. The maximum absolute atomic E-state index is 13.9. The molecule has 4 heterocycles. The zero-order valence-corrected chi connectivity index (χ0v) is 25.3. The van der Waals surface area contributed by atoms with E-state index in [1.165, 1.54) is 39.6 Å². The lowest BCUT2D eigenvalue weighted by molar-refractivity contribution is 0.597. The van der Waals surface area contributed by atoms with Gasteiger partial charge in [0.25, 0.3) is 15.6 Å².